The minimum Gasteiger partial charge on any atom is -0.368 e. The standard InChI is InChI=1S/C22H25N5OS/c1-16-5-3-7-19(13-16)26-9-11-27(12-10-26)21(28)14-18-15-29-22(24-18)25-20-8-4-6-17(2)23-20/h3-8,13,15H,9-12,14H2,1-2H3,(H,23,24,25). The number of anilines is 3. The van der Waals surface area contributed by atoms with Crippen molar-refractivity contribution in [2.75, 3.05) is 36.4 Å². The second-order valence-corrected chi connectivity index (χ2v) is 8.17. The summed E-state index contributed by atoms with van der Waals surface area (Å²) in [6, 6.07) is 14.3. The third kappa shape index (κ3) is 4.92. The van der Waals surface area contributed by atoms with Crippen molar-refractivity contribution in [2.24, 2.45) is 0 Å². The van der Waals surface area contributed by atoms with E-state index in [9.17, 15) is 4.79 Å². The van der Waals surface area contributed by atoms with Crippen LogP contribution in [0.4, 0.5) is 16.6 Å². The molecule has 3 aromatic rings. The fourth-order valence-electron chi connectivity index (χ4n) is 3.47. The first-order valence-electron chi connectivity index (χ1n) is 9.81. The molecule has 1 N–H and O–H groups in total. The molecule has 1 amide bonds. The lowest BCUT2D eigenvalue weighted by atomic mass is 10.2. The van der Waals surface area contributed by atoms with Gasteiger partial charge in [-0.2, -0.15) is 0 Å². The summed E-state index contributed by atoms with van der Waals surface area (Å²) in [5.41, 5.74) is 4.25. The number of thiazole rings is 1. The Kier molecular flexibility index (Phi) is 5.76. The van der Waals surface area contributed by atoms with E-state index in [1.54, 1.807) is 0 Å². The molecule has 0 spiro atoms. The molecule has 1 aliphatic rings. The number of amides is 1. The largest absolute Gasteiger partial charge is 0.368 e. The number of nitrogens with zero attached hydrogens (tertiary/aromatic N) is 4. The van der Waals surface area contributed by atoms with E-state index in [4.69, 9.17) is 0 Å². The Hall–Kier alpha value is -2.93. The molecular weight excluding hydrogens is 382 g/mol. The fourth-order valence-corrected chi connectivity index (χ4v) is 4.19. The molecule has 0 aliphatic carbocycles. The van der Waals surface area contributed by atoms with Crippen molar-refractivity contribution in [3.05, 3.63) is 64.8 Å². The second-order valence-electron chi connectivity index (χ2n) is 7.32. The molecule has 0 bridgehead atoms. The van der Waals surface area contributed by atoms with Crippen LogP contribution >= 0.6 is 11.3 Å². The predicted molar refractivity (Wildman–Crippen MR) is 118 cm³/mol. The molecule has 1 fully saturated rings. The normalized spacial score (nSPS) is 14.1. The maximum Gasteiger partial charge on any atom is 0.228 e. The van der Waals surface area contributed by atoms with Gasteiger partial charge in [0, 0.05) is 42.9 Å². The summed E-state index contributed by atoms with van der Waals surface area (Å²) in [4.78, 5) is 26.0. The molecule has 7 heteroatoms. The average molecular weight is 408 g/mol. The molecule has 0 radical (unpaired) electrons. The van der Waals surface area contributed by atoms with Gasteiger partial charge < -0.3 is 15.1 Å². The number of rotatable bonds is 5. The number of carbonyl (C=O) groups excluding carboxylic acids is 1. The van der Waals surface area contributed by atoms with Crippen LogP contribution in [0, 0.1) is 13.8 Å². The number of piperazine rings is 1. The molecular formula is C22H25N5OS. The van der Waals surface area contributed by atoms with E-state index >= 15 is 0 Å². The first kappa shape index (κ1) is 19.4. The zero-order chi connectivity index (χ0) is 20.2. The number of aromatic nitrogens is 2. The van der Waals surface area contributed by atoms with Crippen molar-refractivity contribution in [2.45, 2.75) is 20.3 Å². The zero-order valence-corrected chi connectivity index (χ0v) is 17.6. The summed E-state index contributed by atoms with van der Waals surface area (Å²) >= 11 is 1.50. The number of carbonyl (C=O) groups is 1. The molecule has 0 saturated carbocycles. The molecule has 0 atom stereocenters. The average Bonchev–Trinajstić information content (AvgIpc) is 3.15. The Morgan fingerprint density at radius 2 is 1.86 bits per heavy atom. The van der Waals surface area contributed by atoms with Crippen LogP contribution in [0.3, 0.4) is 0 Å². The Labute approximate surface area is 175 Å². The molecule has 0 unspecified atom stereocenters. The minimum atomic E-state index is 0.138. The maximum absolute atomic E-state index is 12.7. The van der Waals surface area contributed by atoms with E-state index in [0.717, 1.165) is 48.5 Å². The molecule has 3 heterocycles. The van der Waals surface area contributed by atoms with Gasteiger partial charge in [-0.15, -0.1) is 11.3 Å². The lowest BCUT2D eigenvalue weighted by molar-refractivity contribution is -0.130. The molecule has 6 nitrogen and oxygen atoms in total. The SMILES string of the molecule is Cc1cccc(N2CCN(C(=O)Cc3csc(Nc4cccc(C)n4)n3)CC2)c1. The highest BCUT2D eigenvalue weighted by Gasteiger charge is 2.22. The van der Waals surface area contributed by atoms with Crippen molar-refractivity contribution in [1.29, 1.82) is 0 Å². The number of pyridine rings is 1. The van der Waals surface area contributed by atoms with Crippen molar-refractivity contribution >= 4 is 33.9 Å². The van der Waals surface area contributed by atoms with Crippen LogP contribution in [0.5, 0.6) is 0 Å². The molecule has 150 valence electrons. The Bertz CT molecular complexity index is 994. The van der Waals surface area contributed by atoms with E-state index in [2.05, 4.69) is 51.4 Å². The van der Waals surface area contributed by atoms with E-state index < -0.39 is 0 Å². The number of hydrogen-bond donors (Lipinski definition) is 1. The first-order valence-corrected chi connectivity index (χ1v) is 10.7. The predicted octanol–water partition coefficient (Wildman–Crippen LogP) is 3.79. The summed E-state index contributed by atoms with van der Waals surface area (Å²) in [5.74, 6) is 0.906. The van der Waals surface area contributed by atoms with Gasteiger partial charge in [0.05, 0.1) is 12.1 Å². The summed E-state index contributed by atoms with van der Waals surface area (Å²) < 4.78 is 0. The number of hydrogen-bond acceptors (Lipinski definition) is 6. The smallest absolute Gasteiger partial charge is 0.228 e. The third-order valence-electron chi connectivity index (χ3n) is 5.01. The number of benzene rings is 1. The Morgan fingerprint density at radius 1 is 1.07 bits per heavy atom. The van der Waals surface area contributed by atoms with Crippen molar-refractivity contribution in [3.8, 4) is 0 Å². The van der Waals surface area contributed by atoms with Gasteiger partial charge in [-0.1, -0.05) is 18.2 Å². The van der Waals surface area contributed by atoms with E-state index in [0.29, 0.717) is 6.42 Å². The van der Waals surface area contributed by atoms with Crippen LogP contribution in [0.25, 0.3) is 0 Å². The maximum atomic E-state index is 12.7. The topological polar surface area (TPSA) is 61.4 Å². The van der Waals surface area contributed by atoms with Gasteiger partial charge >= 0.3 is 0 Å². The van der Waals surface area contributed by atoms with Crippen molar-refractivity contribution in [1.82, 2.24) is 14.9 Å². The fraction of sp³-hybridized carbons (Fsp3) is 0.318. The minimum absolute atomic E-state index is 0.138. The summed E-state index contributed by atoms with van der Waals surface area (Å²) in [5, 5.41) is 5.91. The lowest BCUT2D eigenvalue weighted by Crippen LogP contribution is -2.49. The van der Waals surface area contributed by atoms with Crippen LogP contribution in [0.15, 0.2) is 47.8 Å². The van der Waals surface area contributed by atoms with E-state index in [1.807, 2.05) is 35.4 Å². The van der Waals surface area contributed by atoms with Gasteiger partial charge in [0.25, 0.3) is 0 Å². The van der Waals surface area contributed by atoms with Gasteiger partial charge in [-0.3, -0.25) is 4.79 Å². The van der Waals surface area contributed by atoms with Crippen LogP contribution in [-0.4, -0.2) is 47.0 Å². The molecule has 2 aromatic heterocycles. The van der Waals surface area contributed by atoms with Gasteiger partial charge in [-0.25, -0.2) is 9.97 Å². The molecule has 4 rings (SSSR count). The van der Waals surface area contributed by atoms with Gasteiger partial charge in [0.1, 0.15) is 5.82 Å². The third-order valence-corrected chi connectivity index (χ3v) is 5.81. The molecule has 1 aliphatic heterocycles. The zero-order valence-electron chi connectivity index (χ0n) is 16.8. The molecule has 1 aromatic carbocycles. The van der Waals surface area contributed by atoms with Crippen LogP contribution in [0.2, 0.25) is 0 Å². The summed E-state index contributed by atoms with van der Waals surface area (Å²) in [6.07, 6.45) is 0.337. The lowest BCUT2D eigenvalue weighted by Gasteiger charge is -2.36. The number of aryl methyl sites for hydroxylation is 2. The number of nitrogens with one attached hydrogen (secondary N) is 1. The van der Waals surface area contributed by atoms with E-state index in [1.165, 1.54) is 22.6 Å². The Balaban J connectivity index is 1.30. The van der Waals surface area contributed by atoms with Crippen LogP contribution in [-0.2, 0) is 11.2 Å². The first-order chi connectivity index (χ1) is 14.1. The molecule has 29 heavy (non-hydrogen) atoms. The summed E-state index contributed by atoms with van der Waals surface area (Å²) in [6.45, 7) is 7.27. The molecule has 1 saturated heterocycles. The summed E-state index contributed by atoms with van der Waals surface area (Å²) in [7, 11) is 0. The van der Waals surface area contributed by atoms with Gasteiger partial charge in [0.15, 0.2) is 5.13 Å². The van der Waals surface area contributed by atoms with Crippen LogP contribution in [0.1, 0.15) is 17.0 Å². The highest BCUT2D eigenvalue weighted by molar-refractivity contribution is 7.13. The highest BCUT2D eigenvalue weighted by Crippen LogP contribution is 2.21. The van der Waals surface area contributed by atoms with Crippen LogP contribution < -0.4 is 10.2 Å². The van der Waals surface area contributed by atoms with Crippen molar-refractivity contribution < 1.29 is 4.79 Å². The quantitative estimate of drug-likeness (QED) is 0.697. The van der Waals surface area contributed by atoms with Gasteiger partial charge in [-0.05, 0) is 43.7 Å². The van der Waals surface area contributed by atoms with E-state index in [-0.39, 0.29) is 5.91 Å². The second kappa shape index (κ2) is 8.61. The monoisotopic (exact) mass is 407 g/mol. The Morgan fingerprint density at radius 3 is 2.62 bits per heavy atom. The van der Waals surface area contributed by atoms with Gasteiger partial charge in [0.2, 0.25) is 5.91 Å². The highest BCUT2D eigenvalue weighted by atomic mass is 32.1. The van der Waals surface area contributed by atoms with Crippen molar-refractivity contribution in [3.63, 3.8) is 0 Å².